The third-order valence-corrected chi connectivity index (χ3v) is 3.65. The molecule has 0 saturated heterocycles. The Bertz CT molecular complexity index is 818. The standard InChI is InChI=1S/C18H24BrN3O4/c1-17(2,3)25-15(23)22(16(24)26-18(4,5)6)14-12-10-11(19)8-9-13(12)21(7)20-14/h8-10H,1-7H3. The highest BCUT2D eigenvalue weighted by molar-refractivity contribution is 9.10. The first-order valence-corrected chi connectivity index (χ1v) is 8.96. The first kappa shape index (κ1) is 20.2. The van der Waals surface area contributed by atoms with E-state index in [9.17, 15) is 9.59 Å². The predicted octanol–water partition coefficient (Wildman–Crippen LogP) is 5.01. The Kier molecular flexibility index (Phi) is 5.37. The second-order valence-corrected chi connectivity index (χ2v) is 8.82. The number of rotatable bonds is 1. The molecule has 0 unspecified atom stereocenters. The van der Waals surface area contributed by atoms with Gasteiger partial charge in [0.05, 0.1) is 5.52 Å². The van der Waals surface area contributed by atoms with Crippen molar-refractivity contribution in [2.45, 2.75) is 52.7 Å². The van der Waals surface area contributed by atoms with E-state index in [2.05, 4.69) is 21.0 Å². The zero-order valence-corrected chi connectivity index (χ0v) is 17.7. The molecule has 142 valence electrons. The fraction of sp³-hybridized carbons (Fsp3) is 0.500. The molecular weight excluding hydrogens is 402 g/mol. The van der Waals surface area contributed by atoms with Gasteiger partial charge in [-0.25, -0.2) is 9.59 Å². The maximum atomic E-state index is 12.8. The van der Waals surface area contributed by atoms with E-state index in [-0.39, 0.29) is 5.82 Å². The number of ether oxygens (including phenoxy) is 2. The monoisotopic (exact) mass is 425 g/mol. The van der Waals surface area contributed by atoms with Crippen LogP contribution in [-0.2, 0) is 16.5 Å². The van der Waals surface area contributed by atoms with Gasteiger partial charge in [-0.05, 0) is 59.7 Å². The van der Waals surface area contributed by atoms with Gasteiger partial charge in [-0.2, -0.15) is 10.00 Å². The number of aryl methyl sites for hydroxylation is 1. The van der Waals surface area contributed by atoms with Crippen LogP contribution >= 0.6 is 15.9 Å². The largest absolute Gasteiger partial charge is 0.443 e. The topological polar surface area (TPSA) is 73.7 Å². The van der Waals surface area contributed by atoms with Gasteiger partial charge < -0.3 is 9.47 Å². The highest BCUT2D eigenvalue weighted by Gasteiger charge is 2.35. The van der Waals surface area contributed by atoms with Crippen molar-refractivity contribution in [3.63, 3.8) is 0 Å². The number of halogens is 1. The second kappa shape index (κ2) is 6.90. The van der Waals surface area contributed by atoms with Crippen LogP contribution in [0.25, 0.3) is 10.9 Å². The first-order chi connectivity index (χ1) is 11.8. The van der Waals surface area contributed by atoms with Crippen molar-refractivity contribution in [2.75, 3.05) is 4.90 Å². The average Bonchev–Trinajstić information content (AvgIpc) is 2.71. The van der Waals surface area contributed by atoms with Crippen molar-refractivity contribution in [3.05, 3.63) is 22.7 Å². The predicted molar refractivity (Wildman–Crippen MR) is 103 cm³/mol. The van der Waals surface area contributed by atoms with Gasteiger partial charge in [-0.15, -0.1) is 0 Å². The number of fused-ring (bicyclic) bond motifs is 1. The minimum absolute atomic E-state index is 0.160. The fourth-order valence-electron chi connectivity index (χ4n) is 2.25. The van der Waals surface area contributed by atoms with Gasteiger partial charge in [0.2, 0.25) is 0 Å². The van der Waals surface area contributed by atoms with E-state index in [0.717, 1.165) is 14.9 Å². The Labute approximate surface area is 161 Å². The van der Waals surface area contributed by atoms with Crippen molar-refractivity contribution in [3.8, 4) is 0 Å². The number of nitrogens with zero attached hydrogens (tertiary/aromatic N) is 3. The molecule has 0 atom stereocenters. The number of hydrogen-bond donors (Lipinski definition) is 0. The van der Waals surface area contributed by atoms with Crippen LogP contribution in [0, 0.1) is 0 Å². The summed E-state index contributed by atoms with van der Waals surface area (Å²) in [5, 5.41) is 4.98. The number of anilines is 1. The highest BCUT2D eigenvalue weighted by atomic mass is 79.9. The van der Waals surface area contributed by atoms with Crippen LogP contribution in [0.15, 0.2) is 22.7 Å². The number of amides is 2. The zero-order chi connectivity index (χ0) is 19.9. The Morgan fingerprint density at radius 1 is 1.04 bits per heavy atom. The lowest BCUT2D eigenvalue weighted by atomic mass is 10.2. The van der Waals surface area contributed by atoms with Gasteiger partial charge in [0.25, 0.3) is 0 Å². The molecule has 0 bridgehead atoms. The number of carbonyl (C=O) groups is 2. The summed E-state index contributed by atoms with van der Waals surface area (Å²) in [5.41, 5.74) is -0.786. The summed E-state index contributed by atoms with van der Waals surface area (Å²) in [7, 11) is 1.74. The van der Waals surface area contributed by atoms with Crippen LogP contribution < -0.4 is 4.90 Å². The summed E-state index contributed by atoms with van der Waals surface area (Å²) in [5.74, 6) is 0.160. The summed E-state index contributed by atoms with van der Waals surface area (Å²) in [6, 6.07) is 5.50. The van der Waals surface area contributed by atoms with Crippen LogP contribution in [0.3, 0.4) is 0 Å². The maximum absolute atomic E-state index is 12.8. The lowest BCUT2D eigenvalue weighted by Crippen LogP contribution is -2.44. The van der Waals surface area contributed by atoms with E-state index in [1.54, 1.807) is 59.3 Å². The van der Waals surface area contributed by atoms with Gasteiger partial charge in [-0.1, -0.05) is 15.9 Å². The van der Waals surface area contributed by atoms with Crippen molar-refractivity contribution in [1.29, 1.82) is 0 Å². The molecule has 8 heteroatoms. The van der Waals surface area contributed by atoms with E-state index in [1.165, 1.54) is 0 Å². The van der Waals surface area contributed by atoms with Crippen LogP contribution in [0.4, 0.5) is 15.4 Å². The number of hydrogen-bond acceptors (Lipinski definition) is 5. The molecule has 2 rings (SSSR count). The van der Waals surface area contributed by atoms with Crippen molar-refractivity contribution in [1.82, 2.24) is 9.78 Å². The average molecular weight is 426 g/mol. The number of carbonyl (C=O) groups excluding carboxylic acids is 2. The molecular formula is C18H24BrN3O4. The first-order valence-electron chi connectivity index (χ1n) is 8.17. The summed E-state index contributed by atoms with van der Waals surface area (Å²) >= 11 is 3.41. The Morgan fingerprint density at radius 3 is 2.00 bits per heavy atom. The molecule has 0 N–H and O–H groups in total. The van der Waals surface area contributed by atoms with Gasteiger partial charge in [-0.3, -0.25) is 4.68 Å². The lowest BCUT2D eigenvalue weighted by Gasteiger charge is -2.27. The Balaban J connectivity index is 2.59. The number of aromatic nitrogens is 2. The summed E-state index contributed by atoms with van der Waals surface area (Å²) in [6.45, 7) is 10.4. The number of benzene rings is 1. The normalized spacial score (nSPS) is 12.2. The van der Waals surface area contributed by atoms with Crippen LogP contribution in [-0.4, -0.2) is 33.2 Å². The highest BCUT2D eigenvalue weighted by Crippen LogP contribution is 2.30. The minimum atomic E-state index is -0.841. The second-order valence-electron chi connectivity index (χ2n) is 7.90. The summed E-state index contributed by atoms with van der Waals surface area (Å²) in [6.07, 6.45) is -1.68. The summed E-state index contributed by atoms with van der Waals surface area (Å²) in [4.78, 5) is 26.4. The summed E-state index contributed by atoms with van der Waals surface area (Å²) < 4.78 is 13.2. The third-order valence-electron chi connectivity index (χ3n) is 3.16. The smallest absolute Gasteiger partial charge is 0.425 e. The minimum Gasteiger partial charge on any atom is -0.443 e. The molecule has 0 fully saturated rings. The Hall–Kier alpha value is -2.09. The molecule has 1 aromatic heterocycles. The fourth-order valence-corrected chi connectivity index (χ4v) is 2.61. The van der Waals surface area contributed by atoms with E-state index in [1.807, 2.05) is 12.1 Å². The molecule has 2 amide bonds. The van der Waals surface area contributed by atoms with Crippen molar-refractivity contribution < 1.29 is 19.1 Å². The molecule has 26 heavy (non-hydrogen) atoms. The van der Waals surface area contributed by atoms with Gasteiger partial charge in [0, 0.05) is 16.9 Å². The van der Waals surface area contributed by atoms with Crippen LogP contribution in [0.1, 0.15) is 41.5 Å². The van der Waals surface area contributed by atoms with Crippen molar-refractivity contribution in [2.24, 2.45) is 7.05 Å². The molecule has 0 saturated carbocycles. The van der Waals surface area contributed by atoms with E-state index in [4.69, 9.17) is 9.47 Å². The number of imide groups is 1. The van der Waals surface area contributed by atoms with E-state index >= 15 is 0 Å². The van der Waals surface area contributed by atoms with Gasteiger partial charge >= 0.3 is 12.2 Å². The van der Waals surface area contributed by atoms with E-state index < -0.39 is 23.4 Å². The molecule has 1 aromatic carbocycles. The van der Waals surface area contributed by atoms with Gasteiger partial charge in [0.15, 0.2) is 5.82 Å². The maximum Gasteiger partial charge on any atom is 0.425 e. The molecule has 0 aliphatic carbocycles. The molecule has 0 spiro atoms. The van der Waals surface area contributed by atoms with E-state index in [0.29, 0.717) is 5.39 Å². The molecule has 1 heterocycles. The van der Waals surface area contributed by atoms with Gasteiger partial charge in [0.1, 0.15) is 11.2 Å². The van der Waals surface area contributed by atoms with Crippen LogP contribution in [0.5, 0.6) is 0 Å². The third kappa shape index (κ3) is 4.75. The molecule has 7 nitrogen and oxygen atoms in total. The molecule has 2 aromatic rings. The zero-order valence-electron chi connectivity index (χ0n) is 16.1. The SMILES string of the molecule is Cn1nc(N(C(=O)OC(C)(C)C)C(=O)OC(C)(C)C)c2cc(Br)ccc21. The molecule has 0 radical (unpaired) electrons. The Morgan fingerprint density at radius 2 is 1.54 bits per heavy atom. The van der Waals surface area contributed by atoms with Crippen molar-refractivity contribution >= 4 is 44.8 Å². The molecule has 0 aliphatic rings. The lowest BCUT2D eigenvalue weighted by molar-refractivity contribution is 0.0429. The van der Waals surface area contributed by atoms with Crippen LogP contribution in [0.2, 0.25) is 0 Å². The quantitative estimate of drug-likeness (QED) is 0.641. The molecule has 0 aliphatic heterocycles.